The Kier molecular flexibility index (Phi) is 4.44. The molecule has 8 heteroatoms. The molecular weight excluding hydrogens is 400 g/mol. The smallest absolute Gasteiger partial charge is 0.251 e. The van der Waals surface area contributed by atoms with Gasteiger partial charge in [0.15, 0.2) is 5.65 Å². The fourth-order valence-electron chi connectivity index (χ4n) is 3.49. The number of fused-ring (bicyclic) bond motifs is 1. The van der Waals surface area contributed by atoms with Crippen LogP contribution in [-0.2, 0) is 6.54 Å². The highest BCUT2D eigenvalue weighted by Crippen LogP contribution is 2.28. The van der Waals surface area contributed by atoms with Gasteiger partial charge in [0.2, 0.25) is 0 Å². The molecule has 5 aromatic rings. The van der Waals surface area contributed by atoms with E-state index in [-0.39, 0.29) is 5.56 Å². The number of nitrogens with one attached hydrogen (secondary N) is 2. The van der Waals surface area contributed by atoms with Crippen molar-refractivity contribution in [1.29, 1.82) is 0 Å². The molecule has 0 fully saturated rings. The summed E-state index contributed by atoms with van der Waals surface area (Å²) in [6, 6.07) is 11.0. The zero-order chi connectivity index (χ0) is 20.7. The number of rotatable bonds is 4. The molecule has 0 bridgehead atoms. The summed E-state index contributed by atoms with van der Waals surface area (Å²) in [6.45, 7) is 2.39. The molecule has 0 saturated heterocycles. The van der Waals surface area contributed by atoms with Gasteiger partial charge in [-0.1, -0.05) is 23.7 Å². The Hall–Kier alpha value is -3.71. The van der Waals surface area contributed by atoms with E-state index in [0.29, 0.717) is 22.7 Å². The first-order chi connectivity index (χ1) is 14.6. The Bertz CT molecular complexity index is 1430. The Morgan fingerprint density at radius 2 is 2.03 bits per heavy atom. The summed E-state index contributed by atoms with van der Waals surface area (Å²) in [5.41, 5.74) is 6.39. The fourth-order valence-corrected chi connectivity index (χ4v) is 3.70. The summed E-state index contributed by atoms with van der Waals surface area (Å²) in [7, 11) is 0. The van der Waals surface area contributed by atoms with Crippen LogP contribution in [0.2, 0.25) is 5.02 Å². The first-order valence-electron chi connectivity index (χ1n) is 9.38. The predicted octanol–water partition coefficient (Wildman–Crippen LogP) is 4.19. The van der Waals surface area contributed by atoms with Crippen molar-refractivity contribution < 1.29 is 0 Å². The number of aryl methyl sites for hydroxylation is 1. The first-order valence-corrected chi connectivity index (χ1v) is 9.76. The number of nitrogens with zero attached hydrogens (tertiary/aromatic N) is 4. The topological polar surface area (TPSA) is 92.2 Å². The third-order valence-electron chi connectivity index (χ3n) is 5.04. The highest BCUT2D eigenvalue weighted by molar-refractivity contribution is 6.30. The lowest BCUT2D eigenvalue weighted by molar-refractivity contribution is 0.760. The molecule has 0 saturated carbocycles. The molecule has 5 rings (SSSR count). The highest BCUT2D eigenvalue weighted by Gasteiger charge is 2.13. The van der Waals surface area contributed by atoms with Crippen molar-refractivity contribution in [3.8, 4) is 22.4 Å². The number of H-pyrrole nitrogens is 2. The quantitative estimate of drug-likeness (QED) is 0.459. The Morgan fingerprint density at radius 3 is 2.80 bits per heavy atom. The molecule has 0 atom stereocenters. The summed E-state index contributed by atoms with van der Waals surface area (Å²) in [4.78, 5) is 25.1. The molecule has 30 heavy (non-hydrogen) atoms. The van der Waals surface area contributed by atoms with Gasteiger partial charge in [-0.3, -0.25) is 9.89 Å². The lowest BCUT2D eigenvalue weighted by Gasteiger charge is -2.08. The van der Waals surface area contributed by atoms with E-state index < -0.39 is 0 Å². The summed E-state index contributed by atoms with van der Waals surface area (Å²) >= 11 is 6.05. The normalized spacial score (nSPS) is 11.3. The first kappa shape index (κ1) is 18.3. The molecule has 4 aromatic heterocycles. The van der Waals surface area contributed by atoms with Crippen molar-refractivity contribution in [1.82, 2.24) is 29.7 Å². The van der Waals surface area contributed by atoms with Gasteiger partial charge in [-0.25, -0.2) is 9.97 Å². The van der Waals surface area contributed by atoms with Gasteiger partial charge >= 0.3 is 0 Å². The predicted molar refractivity (Wildman–Crippen MR) is 116 cm³/mol. The average molecular weight is 417 g/mol. The number of halogens is 1. The molecule has 0 unspecified atom stereocenters. The second-order valence-electron chi connectivity index (χ2n) is 7.07. The van der Waals surface area contributed by atoms with Gasteiger partial charge < -0.3 is 9.55 Å². The monoisotopic (exact) mass is 416 g/mol. The maximum Gasteiger partial charge on any atom is 0.251 e. The molecule has 0 spiro atoms. The van der Waals surface area contributed by atoms with Gasteiger partial charge in [0.25, 0.3) is 5.56 Å². The Balaban J connectivity index is 1.53. The maximum absolute atomic E-state index is 12.7. The minimum Gasteiger partial charge on any atom is -0.344 e. The minimum absolute atomic E-state index is 0.100. The lowest BCUT2D eigenvalue weighted by atomic mass is 10.1. The number of hydrogen-bond acceptors (Lipinski definition) is 4. The van der Waals surface area contributed by atoms with Crippen molar-refractivity contribution in [3.63, 3.8) is 0 Å². The van der Waals surface area contributed by atoms with Gasteiger partial charge in [-0.05, 0) is 36.2 Å². The number of benzene rings is 1. The van der Waals surface area contributed by atoms with E-state index in [0.717, 1.165) is 33.6 Å². The van der Waals surface area contributed by atoms with Crippen LogP contribution in [0.1, 0.15) is 11.3 Å². The lowest BCUT2D eigenvalue weighted by Crippen LogP contribution is -2.19. The van der Waals surface area contributed by atoms with E-state index in [1.807, 2.05) is 43.5 Å². The van der Waals surface area contributed by atoms with Gasteiger partial charge in [0, 0.05) is 40.3 Å². The second-order valence-corrected chi connectivity index (χ2v) is 7.51. The SMILES string of the molecule is Cc1[nH]ncc1-c1cnc2[nH]cc(-c3ccn(Cc4cccc(Cl)c4)c(=O)c3)c2n1. The molecule has 0 aliphatic carbocycles. The molecule has 4 heterocycles. The summed E-state index contributed by atoms with van der Waals surface area (Å²) in [5, 5.41) is 7.62. The zero-order valence-corrected chi connectivity index (χ0v) is 16.8. The maximum atomic E-state index is 12.7. The van der Waals surface area contributed by atoms with Crippen LogP contribution in [0.4, 0.5) is 0 Å². The molecule has 0 radical (unpaired) electrons. The van der Waals surface area contributed by atoms with Crippen LogP contribution >= 0.6 is 11.6 Å². The van der Waals surface area contributed by atoms with E-state index in [1.54, 1.807) is 29.2 Å². The molecular formula is C22H17ClN6O. The average Bonchev–Trinajstić information content (AvgIpc) is 3.35. The van der Waals surface area contributed by atoms with Gasteiger partial charge in [0.05, 0.1) is 24.6 Å². The summed E-state index contributed by atoms with van der Waals surface area (Å²) in [6.07, 6.45) is 7.06. The standard InChI is InChI=1S/C22H17ClN6O/c1-13-17(10-26-28-13)19-11-25-22-21(27-19)18(9-24-22)15-5-6-29(20(30)8-15)12-14-3-2-4-16(23)7-14/h2-11H,12H2,1H3,(H,24,25)(H,26,28). The van der Waals surface area contributed by atoms with E-state index in [9.17, 15) is 4.79 Å². The van der Waals surface area contributed by atoms with Crippen LogP contribution in [0, 0.1) is 6.92 Å². The van der Waals surface area contributed by atoms with E-state index >= 15 is 0 Å². The van der Waals surface area contributed by atoms with Crippen molar-refractivity contribution in [3.05, 3.63) is 87.8 Å². The van der Waals surface area contributed by atoms with Crippen molar-refractivity contribution in [2.24, 2.45) is 0 Å². The van der Waals surface area contributed by atoms with E-state index in [1.165, 1.54) is 0 Å². The third kappa shape index (κ3) is 3.29. The molecule has 148 valence electrons. The summed E-state index contributed by atoms with van der Waals surface area (Å²) < 4.78 is 1.65. The van der Waals surface area contributed by atoms with Gasteiger partial charge in [-0.15, -0.1) is 0 Å². The number of hydrogen-bond donors (Lipinski definition) is 2. The van der Waals surface area contributed by atoms with Crippen LogP contribution in [0.5, 0.6) is 0 Å². The number of aromatic amines is 2. The Morgan fingerprint density at radius 1 is 1.13 bits per heavy atom. The Labute approximate surface area is 176 Å². The second kappa shape index (κ2) is 7.27. The largest absolute Gasteiger partial charge is 0.344 e. The fraction of sp³-hybridized carbons (Fsp3) is 0.0909. The third-order valence-corrected chi connectivity index (χ3v) is 5.27. The van der Waals surface area contributed by atoms with Crippen LogP contribution in [-0.4, -0.2) is 29.7 Å². The van der Waals surface area contributed by atoms with Gasteiger partial charge in [-0.2, -0.15) is 5.10 Å². The van der Waals surface area contributed by atoms with Crippen molar-refractivity contribution in [2.75, 3.05) is 0 Å². The molecule has 2 N–H and O–H groups in total. The molecule has 1 aromatic carbocycles. The zero-order valence-electron chi connectivity index (χ0n) is 16.1. The molecule has 7 nitrogen and oxygen atoms in total. The molecule has 0 aliphatic heterocycles. The minimum atomic E-state index is -0.100. The van der Waals surface area contributed by atoms with Crippen LogP contribution in [0.3, 0.4) is 0 Å². The number of aromatic nitrogens is 6. The van der Waals surface area contributed by atoms with Crippen LogP contribution in [0.15, 0.2) is 66.0 Å². The van der Waals surface area contributed by atoms with Crippen molar-refractivity contribution >= 4 is 22.8 Å². The highest BCUT2D eigenvalue weighted by atomic mass is 35.5. The number of pyridine rings is 1. The van der Waals surface area contributed by atoms with Gasteiger partial charge in [0.1, 0.15) is 5.52 Å². The molecule has 0 aliphatic rings. The molecule has 0 amide bonds. The van der Waals surface area contributed by atoms with Crippen molar-refractivity contribution in [2.45, 2.75) is 13.5 Å². The summed E-state index contributed by atoms with van der Waals surface area (Å²) in [5.74, 6) is 0. The van der Waals surface area contributed by atoms with Crippen LogP contribution in [0.25, 0.3) is 33.5 Å². The van der Waals surface area contributed by atoms with E-state index in [4.69, 9.17) is 16.6 Å². The van der Waals surface area contributed by atoms with E-state index in [2.05, 4.69) is 20.2 Å². The van der Waals surface area contributed by atoms with Crippen LogP contribution < -0.4 is 5.56 Å².